The number of amides is 2. The molecule has 1 saturated heterocycles. The molecular weight excluding hydrogens is 694 g/mol. The molecule has 0 bridgehead atoms. The molecule has 3 heterocycles. The predicted molar refractivity (Wildman–Crippen MR) is 197 cm³/mol. The van der Waals surface area contributed by atoms with Crippen LogP contribution in [0.2, 0.25) is 25.7 Å². The number of carbonyl (C=O) groups excluding carboxylic acids is 2. The molecule has 1 unspecified atom stereocenters. The summed E-state index contributed by atoms with van der Waals surface area (Å²) in [6, 6.07) is 13.8. The van der Waals surface area contributed by atoms with Gasteiger partial charge in [0.05, 0.1) is 11.3 Å². The van der Waals surface area contributed by atoms with Crippen molar-refractivity contribution in [2.45, 2.75) is 77.6 Å². The number of rotatable bonds is 11. The lowest BCUT2D eigenvalue weighted by Crippen LogP contribution is -2.35. The van der Waals surface area contributed by atoms with Gasteiger partial charge in [0.2, 0.25) is 0 Å². The van der Waals surface area contributed by atoms with E-state index in [2.05, 4.69) is 39.7 Å². The summed E-state index contributed by atoms with van der Waals surface area (Å²) in [5.74, 6) is -0.660. The number of hydrogen-bond acceptors (Lipinski definition) is 8. The Morgan fingerprint density at radius 2 is 1.77 bits per heavy atom. The summed E-state index contributed by atoms with van der Waals surface area (Å²) in [7, 11) is 2.57. The first-order valence-electron chi connectivity index (χ1n) is 17.2. The minimum Gasteiger partial charge on any atom is -0.444 e. The lowest BCUT2D eigenvalue weighted by atomic mass is 10.00. The second-order valence-electron chi connectivity index (χ2n) is 15.4. The van der Waals surface area contributed by atoms with Crippen molar-refractivity contribution in [3.05, 3.63) is 60.3 Å². The molecule has 2 aromatic heterocycles. The van der Waals surface area contributed by atoms with Crippen LogP contribution in [0.5, 0.6) is 5.75 Å². The van der Waals surface area contributed by atoms with E-state index in [0.717, 1.165) is 12.5 Å². The molecule has 1 fully saturated rings. The van der Waals surface area contributed by atoms with Gasteiger partial charge in [0.15, 0.2) is 5.65 Å². The molecule has 4 aromatic rings. The summed E-state index contributed by atoms with van der Waals surface area (Å²) < 4.78 is 57.8. The monoisotopic (exact) mass is 740 g/mol. The number of anilines is 1. The lowest BCUT2D eigenvalue weighted by Gasteiger charge is -2.23. The van der Waals surface area contributed by atoms with Gasteiger partial charge in [-0.1, -0.05) is 37.8 Å². The maximum Gasteiger partial charge on any atom is 0.573 e. The van der Waals surface area contributed by atoms with Gasteiger partial charge in [-0.15, -0.1) is 13.2 Å². The van der Waals surface area contributed by atoms with Crippen LogP contribution >= 0.6 is 0 Å². The Labute approximate surface area is 303 Å². The molecule has 11 nitrogen and oxygen atoms in total. The van der Waals surface area contributed by atoms with E-state index < -0.39 is 31.9 Å². The summed E-state index contributed by atoms with van der Waals surface area (Å²) in [6.07, 6.45) is -3.19. The highest BCUT2D eigenvalue weighted by Gasteiger charge is 2.33. The van der Waals surface area contributed by atoms with Crippen molar-refractivity contribution in [1.82, 2.24) is 24.6 Å². The van der Waals surface area contributed by atoms with E-state index in [1.807, 2.05) is 14.1 Å². The van der Waals surface area contributed by atoms with Crippen LogP contribution in [0.4, 0.5) is 23.7 Å². The van der Waals surface area contributed by atoms with Gasteiger partial charge in [-0.25, -0.2) is 14.5 Å². The van der Waals surface area contributed by atoms with Crippen molar-refractivity contribution in [2.24, 2.45) is 0 Å². The number of fused-ring (bicyclic) bond motifs is 1. The van der Waals surface area contributed by atoms with E-state index in [4.69, 9.17) is 14.5 Å². The SMILES string of the molecule is CN(C)C1CCN(C(=O)c2cc(-c3cnc4c(c3)c(-c3ccccc3OC(F)(F)F)nn4COCC[Si](C)(C)C)ccc2NC(=O)OC(C)(C)C)C1. The summed E-state index contributed by atoms with van der Waals surface area (Å²) >= 11 is 0. The highest BCUT2D eigenvalue weighted by Crippen LogP contribution is 2.38. The average molecular weight is 741 g/mol. The quantitative estimate of drug-likeness (QED) is 0.121. The first kappa shape index (κ1) is 38.8. The third kappa shape index (κ3) is 9.89. The number of aromatic nitrogens is 3. The molecule has 1 N–H and O–H groups in total. The summed E-state index contributed by atoms with van der Waals surface area (Å²) in [5, 5.41) is 7.88. The van der Waals surface area contributed by atoms with Gasteiger partial charge < -0.3 is 24.0 Å². The molecule has 2 aromatic carbocycles. The van der Waals surface area contributed by atoms with E-state index in [0.29, 0.717) is 41.9 Å². The van der Waals surface area contributed by atoms with Crippen LogP contribution in [0.1, 0.15) is 37.6 Å². The van der Waals surface area contributed by atoms with Gasteiger partial charge >= 0.3 is 12.5 Å². The van der Waals surface area contributed by atoms with Gasteiger partial charge in [-0.3, -0.25) is 10.1 Å². The third-order valence-electron chi connectivity index (χ3n) is 8.56. The average Bonchev–Trinajstić information content (AvgIpc) is 3.67. The van der Waals surface area contributed by atoms with Crippen LogP contribution in [-0.2, 0) is 16.2 Å². The number of ether oxygens (including phenoxy) is 3. The molecule has 2 amide bonds. The minimum absolute atomic E-state index is 0.0447. The maximum atomic E-state index is 14.0. The number of alkyl halides is 3. The van der Waals surface area contributed by atoms with Gasteiger partial charge in [0.1, 0.15) is 23.8 Å². The Kier molecular flexibility index (Phi) is 11.4. The number of hydrogen-bond donors (Lipinski definition) is 1. The molecule has 1 atom stereocenters. The molecule has 1 aliphatic rings. The molecule has 0 radical (unpaired) electrons. The number of nitrogens with zero attached hydrogens (tertiary/aromatic N) is 5. The molecule has 0 saturated carbocycles. The van der Waals surface area contributed by atoms with Gasteiger partial charge in [-0.2, -0.15) is 5.10 Å². The fraction of sp³-hybridized carbons (Fsp3) is 0.459. The molecule has 1 aliphatic heterocycles. The molecule has 15 heteroatoms. The number of nitrogens with one attached hydrogen (secondary N) is 1. The van der Waals surface area contributed by atoms with Crippen LogP contribution in [-0.4, -0.2) is 96.4 Å². The predicted octanol–water partition coefficient (Wildman–Crippen LogP) is 8.10. The number of pyridine rings is 1. The number of halogens is 3. The van der Waals surface area contributed by atoms with Crippen LogP contribution in [0.25, 0.3) is 33.4 Å². The van der Waals surface area contributed by atoms with E-state index in [1.54, 1.807) is 62.2 Å². The number of para-hydroxylation sites is 1. The Balaban J connectivity index is 1.59. The summed E-state index contributed by atoms with van der Waals surface area (Å²) in [4.78, 5) is 35.4. The largest absolute Gasteiger partial charge is 0.573 e. The zero-order valence-corrected chi connectivity index (χ0v) is 31.9. The van der Waals surface area contributed by atoms with Crippen LogP contribution in [0.3, 0.4) is 0 Å². The lowest BCUT2D eigenvalue weighted by molar-refractivity contribution is -0.274. The smallest absolute Gasteiger partial charge is 0.444 e. The number of benzene rings is 2. The molecule has 0 aliphatic carbocycles. The van der Waals surface area contributed by atoms with Crippen molar-refractivity contribution in [2.75, 3.05) is 39.1 Å². The van der Waals surface area contributed by atoms with Crippen LogP contribution < -0.4 is 10.1 Å². The van der Waals surface area contributed by atoms with Gasteiger partial charge in [0, 0.05) is 56.5 Å². The van der Waals surface area contributed by atoms with E-state index >= 15 is 0 Å². The second-order valence-corrected chi connectivity index (χ2v) is 21.0. The Morgan fingerprint density at radius 3 is 2.42 bits per heavy atom. The number of likely N-dealkylation sites (tertiary alicyclic amines) is 1. The normalized spacial score (nSPS) is 15.4. The summed E-state index contributed by atoms with van der Waals surface area (Å²) in [5.41, 5.74) is 1.72. The van der Waals surface area contributed by atoms with Crippen molar-refractivity contribution in [1.29, 1.82) is 0 Å². The van der Waals surface area contributed by atoms with Crippen LogP contribution in [0, 0.1) is 0 Å². The second kappa shape index (κ2) is 15.2. The Bertz CT molecular complexity index is 1920. The third-order valence-corrected chi connectivity index (χ3v) is 10.3. The Morgan fingerprint density at radius 1 is 1.04 bits per heavy atom. The maximum absolute atomic E-state index is 14.0. The fourth-order valence-electron chi connectivity index (χ4n) is 5.85. The van der Waals surface area contributed by atoms with E-state index in [9.17, 15) is 22.8 Å². The zero-order valence-electron chi connectivity index (χ0n) is 30.9. The molecule has 280 valence electrons. The van der Waals surface area contributed by atoms with Crippen molar-refractivity contribution < 1.29 is 37.0 Å². The first-order valence-corrected chi connectivity index (χ1v) is 20.9. The molecule has 0 spiro atoms. The van der Waals surface area contributed by atoms with Gasteiger partial charge in [0.25, 0.3) is 5.91 Å². The molecule has 5 rings (SSSR count). The van der Waals surface area contributed by atoms with Crippen LogP contribution in [0.15, 0.2) is 54.7 Å². The van der Waals surface area contributed by atoms with Crippen molar-refractivity contribution in [3.63, 3.8) is 0 Å². The molecule has 52 heavy (non-hydrogen) atoms. The topological polar surface area (TPSA) is 111 Å². The fourth-order valence-corrected chi connectivity index (χ4v) is 6.61. The van der Waals surface area contributed by atoms with E-state index in [-0.39, 0.29) is 41.2 Å². The van der Waals surface area contributed by atoms with Crippen molar-refractivity contribution >= 4 is 36.8 Å². The highest BCUT2D eigenvalue weighted by molar-refractivity contribution is 6.76. The zero-order chi connectivity index (χ0) is 38.0. The summed E-state index contributed by atoms with van der Waals surface area (Å²) in [6.45, 7) is 13.6. The van der Waals surface area contributed by atoms with Gasteiger partial charge in [-0.05, 0) is 83.2 Å². The standard InChI is InChI=1S/C37H47F3N6O5Si/c1-36(2,3)51-35(48)42-30-14-13-24(19-28(30)34(47)45-16-15-26(22-45)44(4)5)25-20-29-32(27-11-9-10-12-31(27)50-37(38,39)40)43-46(33(29)41-21-25)23-49-17-18-52(6,7)8/h9-14,19-21,26H,15-18,22-23H2,1-8H3,(H,42,48). The number of carbonyl (C=O) groups is 2. The highest BCUT2D eigenvalue weighted by atomic mass is 28.3. The van der Waals surface area contributed by atoms with E-state index in [1.165, 1.54) is 22.9 Å². The molecular formula is C37H47F3N6O5Si. The first-order chi connectivity index (χ1) is 24.3. The Hall–Kier alpha value is -4.47. The number of likely N-dealkylation sites (N-methyl/N-ethyl adjacent to an activating group) is 1. The minimum atomic E-state index is -4.92. The van der Waals surface area contributed by atoms with Crippen molar-refractivity contribution in [3.8, 4) is 28.1 Å².